The lowest BCUT2D eigenvalue weighted by atomic mass is 9.91. The van der Waals surface area contributed by atoms with E-state index >= 15 is 0 Å². The fourth-order valence-corrected chi connectivity index (χ4v) is 4.62. The van der Waals surface area contributed by atoms with Gasteiger partial charge in [0.1, 0.15) is 11.5 Å². The number of amides is 1. The second kappa shape index (κ2) is 11.4. The number of anilines is 1. The van der Waals surface area contributed by atoms with E-state index in [1.165, 1.54) is 25.7 Å². The third-order valence-corrected chi connectivity index (χ3v) is 6.37. The van der Waals surface area contributed by atoms with Crippen molar-refractivity contribution in [3.8, 4) is 28.8 Å². The summed E-state index contributed by atoms with van der Waals surface area (Å²) >= 11 is 0. The van der Waals surface area contributed by atoms with Gasteiger partial charge < -0.3 is 20.5 Å². The molecule has 0 unspecified atom stereocenters. The summed E-state index contributed by atoms with van der Waals surface area (Å²) in [6.07, 6.45) is 8.27. The van der Waals surface area contributed by atoms with Crippen LogP contribution >= 0.6 is 0 Å². The Hall–Kier alpha value is -3.99. The van der Waals surface area contributed by atoms with Crippen molar-refractivity contribution in [3.05, 3.63) is 46.5 Å². The number of carbonyl (C=O) groups is 1. The van der Waals surface area contributed by atoms with E-state index in [1.807, 2.05) is 13.8 Å². The molecule has 0 aromatic heterocycles. The minimum Gasteiger partial charge on any atom is -0.496 e. The number of nitrogens with two attached hydrogens (primary N) is 1. The van der Waals surface area contributed by atoms with E-state index in [1.54, 1.807) is 33.4 Å². The number of rotatable bonds is 7. The summed E-state index contributed by atoms with van der Waals surface area (Å²) in [5, 5.41) is 14.6. The highest BCUT2D eigenvalue weighted by atomic mass is 16.5. The average molecular weight is 476 g/mol. The zero-order chi connectivity index (χ0) is 25.5. The molecule has 1 aliphatic carbocycles. The van der Waals surface area contributed by atoms with Gasteiger partial charge in [-0.2, -0.15) is 5.26 Å². The molecule has 8 nitrogen and oxygen atoms in total. The van der Waals surface area contributed by atoms with Gasteiger partial charge >= 0.3 is 0 Å². The molecule has 1 aliphatic rings. The van der Waals surface area contributed by atoms with Crippen LogP contribution in [0.25, 0.3) is 17.2 Å². The highest BCUT2D eigenvalue weighted by molar-refractivity contribution is 6.07. The summed E-state index contributed by atoms with van der Waals surface area (Å²) in [5.74, 6) is 0.639. The van der Waals surface area contributed by atoms with Crippen molar-refractivity contribution in [3.63, 3.8) is 0 Å². The van der Waals surface area contributed by atoms with Gasteiger partial charge in [0, 0.05) is 39.6 Å². The number of guanidine groups is 1. The Balaban J connectivity index is 2.01. The van der Waals surface area contributed by atoms with Crippen LogP contribution in [-0.2, 0) is 4.79 Å². The molecule has 2 aromatic carbocycles. The molecule has 0 aliphatic heterocycles. The number of hydrogen-bond donors (Lipinski definition) is 3. The molecule has 0 saturated heterocycles. The van der Waals surface area contributed by atoms with Crippen molar-refractivity contribution >= 4 is 23.6 Å². The molecule has 4 N–H and O–H groups in total. The molecular formula is C27H33N5O3. The number of ether oxygens (including phenoxy) is 2. The van der Waals surface area contributed by atoms with Crippen LogP contribution in [0.1, 0.15) is 49.3 Å². The third kappa shape index (κ3) is 5.75. The monoisotopic (exact) mass is 475 g/mol. The minimum atomic E-state index is -0.464. The lowest BCUT2D eigenvalue weighted by Crippen LogP contribution is -2.36. The first kappa shape index (κ1) is 25.6. The number of nitriles is 1. The molecule has 0 heterocycles. The second-order valence-corrected chi connectivity index (χ2v) is 8.69. The molecule has 1 saturated carbocycles. The Morgan fingerprint density at radius 1 is 1.11 bits per heavy atom. The standard InChI is InChI=1S/C27H33N5O3/c1-16(26(33)32-27(29)30-15-28)14-22-17(2)25(35-5)23(18(3)24(22)34-4)19-10-12-21(13-11-19)31-20-8-6-7-9-20/h10-14,20,31H,6-9H2,1-5H3,(H3,29,30,32,33). The van der Waals surface area contributed by atoms with Gasteiger partial charge in [-0.25, -0.2) is 0 Å². The molecule has 3 rings (SSSR count). The number of hydrogen-bond acceptors (Lipinski definition) is 6. The summed E-state index contributed by atoms with van der Waals surface area (Å²) in [4.78, 5) is 15.8. The number of aliphatic imine (C=N–C) groups is 1. The molecule has 184 valence electrons. The van der Waals surface area contributed by atoms with Crippen molar-refractivity contribution < 1.29 is 14.3 Å². The van der Waals surface area contributed by atoms with Gasteiger partial charge in [-0.3, -0.25) is 10.1 Å². The van der Waals surface area contributed by atoms with E-state index in [4.69, 9.17) is 20.5 Å². The maximum atomic E-state index is 12.5. The van der Waals surface area contributed by atoms with Crippen LogP contribution in [0.4, 0.5) is 5.69 Å². The highest BCUT2D eigenvalue weighted by Crippen LogP contribution is 2.45. The summed E-state index contributed by atoms with van der Waals surface area (Å²) in [6.45, 7) is 5.56. The Labute approximate surface area is 206 Å². The molecule has 0 atom stereocenters. The number of nitrogens with zero attached hydrogens (tertiary/aromatic N) is 2. The van der Waals surface area contributed by atoms with Crippen LogP contribution in [0.3, 0.4) is 0 Å². The number of nitrogens with one attached hydrogen (secondary N) is 2. The Morgan fingerprint density at radius 2 is 1.74 bits per heavy atom. The number of benzene rings is 2. The number of methoxy groups -OCH3 is 2. The highest BCUT2D eigenvalue weighted by Gasteiger charge is 2.22. The summed E-state index contributed by atoms with van der Waals surface area (Å²) < 4.78 is 11.6. The van der Waals surface area contributed by atoms with Gasteiger partial charge in [0.25, 0.3) is 5.91 Å². The van der Waals surface area contributed by atoms with Crippen LogP contribution in [0, 0.1) is 25.3 Å². The van der Waals surface area contributed by atoms with E-state index in [0.717, 1.165) is 33.5 Å². The maximum Gasteiger partial charge on any atom is 0.253 e. The molecule has 8 heteroatoms. The van der Waals surface area contributed by atoms with E-state index < -0.39 is 5.91 Å². The lowest BCUT2D eigenvalue weighted by Gasteiger charge is -2.22. The van der Waals surface area contributed by atoms with Gasteiger partial charge in [-0.05, 0) is 57.4 Å². The van der Waals surface area contributed by atoms with Gasteiger partial charge in [0.15, 0.2) is 0 Å². The quantitative estimate of drug-likeness (QED) is 0.232. The Morgan fingerprint density at radius 3 is 2.31 bits per heavy atom. The molecule has 1 fully saturated rings. The second-order valence-electron chi connectivity index (χ2n) is 8.69. The molecule has 0 bridgehead atoms. The summed E-state index contributed by atoms with van der Waals surface area (Å²) in [5.41, 5.74) is 11.4. The minimum absolute atomic E-state index is 0.260. The zero-order valence-electron chi connectivity index (χ0n) is 21.0. The largest absolute Gasteiger partial charge is 0.496 e. The van der Waals surface area contributed by atoms with Crippen LogP contribution in [0.2, 0.25) is 0 Å². The fraction of sp³-hybridized carbons (Fsp3) is 0.370. The van der Waals surface area contributed by atoms with Gasteiger partial charge in [0.05, 0.1) is 14.2 Å². The Bertz CT molecular complexity index is 1190. The lowest BCUT2D eigenvalue weighted by molar-refractivity contribution is -0.116. The SMILES string of the molecule is COc1c(C)c(-c2ccc(NC3CCCC3)cc2)c(OC)c(C)c1C=C(C)C(=O)NC(N)=NC#N. The first-order valence-electron chi connectivity index (χ1n) is 11.6. The van der Waals surface area contributed by atoms with Gasteiger partial charge in [-0.15, -0.1) is 4.99 Å². The van der Waals surface area contributed by atoms with Crippen molar-refractivity contribution in [2.75, 3.05) is 19.5 Å². The zero-order valence-corrected chi connectivity index (χ0v) is 21.0. The molecule has 0 spiro atoms. The average Bonchev–Trinajstić information content (AvgIpc) is 3.35. The third-order valence-electron chi connectivity index (χ3n) is 6.37. The van der Waals surface area contributed by atoms with E-state index in [2.05, 4.69) is 39.9 Å². The first-order valence-corrected chi connectivity index (χ1v) is 11.6. The molecule has 2 aromatic rings. The van der Waals surface area contributed by atoms with E-state index in [9.17, 15) is 4.79 Å². The van der Waals surface area contributed by atoms with Crippen molar-refractivity contribution in [2.24, 2.45) is 10.7 Å². The van der Waals surface area contributed by atoms with E-state index in [0.29, 0.717) is 23.1 Å². The van der Waals surface area contributed by atoms with Crippen LogP contribution in [0.15, 0.2) is 34.8 Å². The first-order chi connectivity index (χ1) is 16.8. The smallest absolute Gasteiger partial charge is 0.253 e. The van der Waals surface area contributed by atoms with E-state index in [-0.39, 0.29) is 5.96 Å². The maximum absolute atomic E-state index is 12.5. The Kier molecular flexibility index (Phi) is 8.37. The molecule has 35 heavy (non-hydrogen) atoms. The van der Waals surface area contributed by atoms with Gasteiger partial charge in [-0.1, -0.05) is 25.0 Å². The fourth-order valence-electron chi connectivity index (χ4n) is 4.62. The van der Waals surface area contributed by atoms with Crippen molar-refractivity contribution in [1.82, 2.24) is 5.32 Å². The molecule has 1 amide bonds. The van der Waals surface area contributed by atoms with Crippen LogP contribution in [0.5, 0.6) is 11.5 Å². The molecular weight excluding hydrogens is 442 g/mol. The summed E-state index contributed by atoms with van der Waals surface area (Å²) in [6, 6.07) is 8.93. The molecule has 0 radical (unpaired) electrons. The number of carbonyl (C=O) groups excluding carboxylic acids is 1. The van der Waals surface area contributed by atoms with Crippen LogP contribution in [-0.4, -0.2) is 32.1 Å². The van der Waals surface area contributed by atoms with Crippen molar-refractivity contribution in [2.45, 2.75) is 52.5 Å². The predicted molar refractivity (Wildman–Crippen MR) is 139 cm³/mol. The topological polar surface area (TPSA) is 122 Å². The normalized spacial score (nSPS) is 14.4. The van der Waals surface area contributed by atoms with Gasteiger partial charge in [0.2, 0.25) is 12.2 Å². The van der Waals surface area contributed by atoms with Crippen LogP contribution < -0.4 is 25.8 Å². The summed E-state index contributed by atoms with van der Waals surface area (Å²) in [7, 11) is 3.25. The predicted octanol–water partition coefficient (Wildman–Crippen LogP) is 4.66. The van der Waals surface area contributed by atoms with Crippen molar-refractivity contribution in [1.29, 1.82) is 5.26 Å².